The zero-order valence-corrected chi connectivity index (χ0v) is 20.6. The lowest BCUT2D eigenvalue weighted by Crippen LogP contribution is -2.07. The molecule has 4 aromatic carbocycles. The van der Waals surface area contributed by atoms with E-state index in [9.17, 15) is 4.57 Å². The third-order valence-corrected chi connectivity index (χ3v) is 6.07. The van der Waals surface area contributed by atoms with Crippen LogP contribution in [0.3, 0.4) is 0 Å². The van der Waals surface area contributed by atoms with Crippen LogP contribution in [-0.2, 0) is 4.57 Å². The van der Waals surface area contributed by atoms with Crippen LogP contribution in [0.4, 0.5) is 0 Å². The summed E-state index contributed by atoms with van der Waals surface area (Å²) in [6.07, 6.45) is 0. The van der Waals surface area contributed by atoms with Crippen molar-refractivity contribution < 1.29 is 18.1 Å². The summed E-state index contributed by atoms with van der Waals surface area (Å²) >= 11 is 4.08. The first-order valence-corrected chi connectivity index (χ1v) is 12.3. The molecule has 0 aliphatic carbocycles. The van der Waals surface area contributed by atoms with Crippen molar-refractivity contribution in [1.29, 1.82) is 0 Å². The summed E-state index contributed by atoms with van der Waals surface area (Å²) < 4.78 is 30.2. The Labute approximate surface area is 201 Å². The van der Waals surface area contributed by atoms with Crippen LogP contribution in [0.1, 0.15) is 16.7 Å². The van der Waals surface area contributed by atoms with Gasteiger partial charge in [0.25, 0.3) is 0 Å². The highest BCUT2D eigenvalue weighted by Gasteiger charge is 2.33. The lowest BCUT2D eigenvalue weighted by molar-refractivity contribution is 0.298. The Morgan fingerprint density at radius 3 is 1.06 bits per heavy atom. The Morgan fingerprint density at radius 1 is 0.515 bits per heavy atom. The molecule has 4 aromatic rings. The highest BCUT2D eigenvalue weighted by Crippen LogP contribution is 2.49. The predicted molar refractivity (Wildman–Crippen MR) is 137 cm³/mol. The van der Waals surface area contributed by atoms with Crippen LogP contribution in [0, 0.1) is 20.8 Å². The molecular formula is C27H27O4PS. The maximum atomic E-state index is 13.3. The second kappa shape index (κ2) is 11.6. The van der Waals surface area contributed by atoms with E-state index in [2.05, 4.69) is 12.6 Å². The minimum atomic E-state index is -3.93. The molecule has 0 aromatic heterocycles. The summed E-state index contributed by atoms with van der Waals surface area (Å²) in [6.45, 7) is 5.90. The average molecular weight is 479 g/mol. The Hall–Kier alpha value is -3.14. The summed E-state index contributed by atoms with van der Waals surface area (Å²) in [5.74, 6) is 1.24. The minimum absolute atomic E-state index is 0.415. The molecule has 0 saturated heterocycles. The van der Waals surface area contributed by atoms with Crippen molar-refractivity contribution >= 4 is 20.5 Å². The van der Waals surface area contributed by atoms with Gasteiger partial charge in [0, 0.05) is 4.90 Å². The smallest absolute Gasteiger partial charge is 0.386 e. The normalized spacial score (nSPS) is 10.5. The van der Waals surface area contributed by atoms with E-state index >= 15 is 0 Å². The van der Waals surface area contributed by atoms with Crippen LogP contribution in [-0.4, -0.2) is 0 Å². The molecule has 0 radical (unpaired) electrons. The fourth-order valence-corrected chi connectivity index (χ4v) is 4.09. The Bertz CT molecular complexity index is 1050. The molecule has 0 fully saturated rings. The fraction of sp³-hybridized carbons (Fsp3) is 0.111. The lowest BCUT2D eigenvalue weighted by atomic mass is 10.2. The molecule has 0 atom stereocenters. The summed E-state index contributed by atoms with van der Waals surface area (Å²) in [4.78, 5) is 1.02. The molecule has 0 amide bonds. The highest BCUT2D eigenvalue weighted by molar-refractivity contribution is 7.80. The van der Waals surface area contributed by atoms with E-state index in [-0.39, 0.29) is 0 Å². The van der Waals surface area contributed by atoms with E-state index in [1.807, 2.05) is 87.5 Å². The van der Waals surface area contributed by atoms with Gasteiger partial charge in [0.1, 0.15) is 17.2 Å². The number of phosphoric ester groups is 1. The highest BCUT2D eigenvalue weighted by atomic mass is 32.1. The molecular weight excluding hydrogens is 451 g/mol. The first-order valence-electron chi connectivity index (χ1n) is 10.4. The average Bonchev–Trinajstić information content (AvgIpc) is 2.80. The fourth-order valence-electron chi connectivity index (χ4n) is 2.67. The van der Waals surface area contributed by atoms with Crippen LogP contribution in [0.15, 0.2) is 108 Å². The molecule has 0 bridgehead atoms. The predicted octanol–water partition coefficient (Wildman–Crippen LogP) is 8.23. The molecule has 0 N–H and O–H groups in total. The summed E-state index contributed by atoms with van der Waals surface area (Å²) in [5.41, 5.74) is 3.23. The third kappa shape index (κ3) is 8.38. The second-order valence-electron chi connectivity index (χ2n) is 7.50. The monoisotopic (exact) mass is 478 g/mol. The molecule has 0 saturated carbocycles. The minimum Gasteiger partial charge on any atom is -0.386 e. The first-order chi connectivity index (χ1) is 15.8. The summed E-state index contributed by atoms with van der Waals surface area (Å²) in [5, 5.41) is 0. The van der Waals surface area contributed by atoms with Crippen LogP contribution in [0.25, 0.3) is 0 Å². The van der Waals surface area contributed by atoms with Crippen molar-refractivity contribution in [2.75, 3.05) is 0 Å². The molecule has 4 rings (SSSR count). The van der Waals surface area contributed by atoms with Crippen molar-refractivity contribution in [3.63, 3.8) is 0 Å². The number of aryl methyl sites for hydroxylation is 3. The molecule has 0 heterocycles. The molecule has 0 aliphatic heterocycles. The molecule has 0 spiro atoms. The molecule has 0 aliphatic rings. The van der Waals surface area contributed by atoms with E-state index in [1.165, 1.54) is 0 Å². The van der Waals surface area contributed by atoms with E-state index in [4.69, 9.17) is 13.6 Å². The van der Waals surface area contributed by atoms with Gasteiger partial charge in [0.05, 0.1) is 0 Å². The van der Waals surface area contributed by atoms with Gasteiger partial charge in [-0.05, 0) is 69.3 Å². The van der Waals surface area contributed by atoms with Gasteiger partial charge in [-0.3, -0.25) is 0 Å². The Balaban J connectivity index is 0.000000374. The van der Waals surface area contributed by atoms with Crippen molar-refractivity contribution in [2.45, 2.75) is 25.7 Å². The van der Waals surface area contributed by atoms with Gasteiger partial charge in [0.2, 0.25) is 0 Å². The standard InChI is InChI=1S/C21H21O4P.C6H6S/c1-16-4-10-19(11-5-16)23-26(22,24-20-12-6-17(2)7-13-20)25-21-14-8-18(3)9-15-21;7-6-4-2-1-3-5-6/h4-15H,1-3H3;1-5,7H. The van der Waals surface area contributed by atoms with Gasteiger partial charge in [-0.25, -0.2) is 0 Å². The third-order valence-electron chi connectivity index (χ3n) is 4.47. The van der Waals surface area contributed by atoms with E-state index in [0.717, 1.165) is 21.6 Å². The van der Waals surface area contributed by atoms with Crippen molar-refractivity contribution in [3.05, 3.63) is 120 Å². The lowest BCUT2D eigenvalue weighted by Gasteiger charge is -2.19. The quantitative estimate of drug-likeness (QED) is 0.224. The van der Waals surface area contributed by atoms with Crippen LogP contribution in [0.2, 0.25) is 0 Å². The molecule has 170 valence electrons. The van der Waals surface area contributed by atoms with Crippen molar-refractivity contribution in [1.82, 2.24) is 0 Å². The number of rotatable bonds is 6. The van der Waals surface area contributed by atoms with Crippen LogP contribution in [0.5, 0.6) is 17.2 Å². The van der Waals surface area contributed by atoms with Crippen LogP contribution >= 0.6 is 20.5 Å². The molecule has 4 nitrogen and oxygen atoms in total. The number of hydrogen-bond donors (Lipinski definition) is 1. The number of phosphoric acid groups is 1. The van der Waals surface area contributed by atoms with Crippen molar-refractivity contribution in [2.24, 2.45) is 0 Å². The van der Waals surface area contributed by atoms with Gasteiger partial charge < -0.3 is 13.6 Å². The molecule has 6 heteroatoms. The SMILES string of the molecule is Cc1ccc(OP(=O)(Oc2ccc(C)cc2)Oc2ccc(C)cc2)cc1.Sc1ccccc1. The Kier molecular flexibility index (Phi) is 8.65. The van der Waals surface area contributed by atoms with Gasteiger partial charge in [-0.15, -0.1) is 12.6 Å². The van der Waals surface area contributed by atoms with Crippen LogP contribution < -0.4 is 13.6 Å². The maximum absolute atomic E-state index is 13.3. The zero-order valence-electron chi connectivity index (χ0n) is 18.8. The van der Waals surface area contributed by atoms with E-state index in [1.54, 1.807) is 36.4 Å². The number of benzene rings is 4. The summed E-state index contributed by atoms with van der Waals surface area (Å²) in [6, 6.07) is 31.4. The van der Waals surface area contributed by atoms with E-state index < -0.39 is 7.82 Å². The summed E-state index contributed by atoms with van der Waals surface area (Å²) in [7, 11) is -3.93. The van der Waals surface area contributed by atoms with Gasteiger partial charge in [-0.2, -0.15) is 4.57 Å². The zero-order chi connectivity index (χ0) is 23.7. The number of thiol groups is 1. The maximum Gasteiger partial charge on any atom is 0.647 e. The topological polar surface area (TPSA) is 44.8 Å². The van der Waals surface area contributed by atoms with E-state index in [0.29, 0.717) is 17.2 Å². The van der Waals surface area contributed by atoms with Gasteiger partial charge in [0.15, 0.2) is 0 Å². The number of hydrogen-bond acceptors (Lipinski definition) is 5. The Morgan fingerprint density at radius 2 is 0.818 bits per heavy atom. The molecule has 33 heavy (non-hydrogen) atoms. The van der Waals surface area contributed by atoms with Gasteiger partial charge in [-0.1, -0.05) is 71.3 Å². The second-order valence-corrected chi connectivity index (χ2v) is 9.45. The largest absolute Gasteiger partial charge is 0.647 e. The van der Waals surface area contributed by atoms with Crippen molar-refractivity contribution in [3.8, 4) is 17.2 Å². The van der Waals surface area contributed by atoms with Gasteiger partial charge >= 0.3 is 7.82 Å². The first kappa shape index (κ1) is 24.5. The molecule has 0 unspecified atom stereocenters.